The number of H-pyrrole nitrogens is 1. The molecule has 0 aliphatic carbocycles. The Hall–Kier alpha value is -3.08. The molecule has 2 heterocycles. The number of nitrogens with two attached hydrogens (primary N) is 1. The maximum atomic E-state index is 12.7. The van der Waals surface area contributed by atoms with E-state index in [1.54, 1.807) is 0 Å². The van der Waals surface area contributed by atoms with E-state index in [2.05, 4.69) is 22.3 Å². The van der Waals surface area contributed by atoms with Crippen molar-refractivity contribution in [3.63, 3.8) is 0 Å². The molecule has 3 N–H and O–H groups in total. The average molecular weight is 318 g/mol. The molecule has 0 radical (unpaired) electrons. The number of carbonyl (C=O) groups excluding carboxylic acids is 1. The molecule has 0 atom stereocenters. The standard InChI is InChI=1S/C19H18N4O/c20-18-16-10-11-23(12-17(16)21-22-18)19(24)15-8-6-14(7-9-15)13-4-2-1-3-5-13/h1-9H,10-12H2,(H3,20,21,22). The second-order valence-corrected chi connectivity index (χ2v) is 5.99. The van der Waals surface area contributed by atoms with Crippen LogP contribution >= 0.6 is 0 Å². The molecule has 0 spiro atoms. The fourth-order valence-electron chi connectivity index (χ4n) is 3.14. The molecule has 1 aliphatic heterocycles. The second-order valence-electron chi connectivity index (χ2n) is 5.99. The number of fused-ring (bicyclic) bond motifs is 1. The summed E-state index contributed by atoms with van der Waals surface area (Å²) >= 11 is 0. The van der Waals surface area contributed by atoms with Gasteiger partial charge in [-0.1, -0.05) is 42.5 Å². The van der Waals surface area contributed by atoms with Crippen LogP contribution in [0.1, 0.15) is 21.6 Å². The molecule has 5 nitrogen and oxygen atoms in total. The van der Waals surface area contributed by atoms with Gasteiger partial charge in [-0.2, -0.15) is 5.10 Å². The first kappa shape index (κ1) is 14.5. The van der Waals surface area contributed by atoms with Crippen molar-refractivity contribution in [1.29, 1.82) is 0 Å². The van der Waals surface area contributed by atoms with Crippen molar-refractivity contribution in [2.24, 2.45) is 0 Å². The van der Waals surface area contributed by atoms with Gasteiger partial charge in [-0.25, -0.2) is 0 Å². The van der Waals surface area contributed by atoms with Gasteiger partial charge in [-0.05, 0) is 29.7 Å². The molecule has 1 aromatic heterocycles. The first-order chi connectivity index (χ1) is 11.7. The lowest BCUT2D eigenvalue weighted by Gasteiger charge is -2.26. The molecule has 5 heteroatoms. The topological polar surface area (TPSA) is 75.0 Å². The van der Waals surface area contributed by atoms with Crippen LogP contribution in [-0.4, -0.2) is 27.5 Å². The van der Waals surface area contributed by atoms with E-state index >= 15 is 0 Å². The van der Waals surface area contributed by atoms with E-state index in [4.69, 9.17) is 5.73 Å². The van der Waals surface area contributed by atoms with Gasteiger partial charge in [0.1, 0.15) is 5.82 Å². The molecular weight excluding hydrogens is 300 g/mol. The molecule has 0 saturated carbocycles. The zero-order chi connectivity index (χ0) is 16.5. The van der Waals surface area contributed by atoms with Crippen molar-refractivity contribution in [1.82, 2.24) is 15.1 Å². The molecular formula is C19H18N4O. The van der Waals surface area contributed by atoms with Crippen molar-refractivity contribution >= 4 is 11.7 Å². The Morgan fingerprint density at radius 3 is 2.50 bits per heavy atom. The Morgan fingerprint density at radius 2 is 1.75 bits per heavy atom. The molecule has 4 rings (SSSR count). The summed E-state index contributed by atoms with van der Waals surface area (Å²) in [5, 5.41) is 6.95. The van der Waals surface area contributed by atoms with Crippen molar-refractivity contribution in [2.45, 2.75) is 13.0 Å². The normalized spacial score (nSPS) is 13.6. The van der Waals surface area contributed by atoms with Crippen LogP contribution in [0.15, 0.2) is 54.6 Å². The number of nitrogens with one attached hydrogen (secondary N) is 1. The molecule has 1 amide bonds. The second kappa shape index (κ2) is 5.85. The van der Waals surface area contributed by atoms with E-state index in [1.807, 2.05) is 47.4 Å². The van der Waals surface area contributed by atoms with Gasteiger partial charge in [0.25, 0.3) is 5.91 Å². The Bertz CT molecular complexity index is 868. The molecule has 3 aromatic rings. The SMILES string of the molecule is Nc1n[nH]c2c1CCN(C(=O)c1ccc(-c3ccccc3)cc1)C2. The summed E-state index contributed by atoms with van der Waals surface area (Å²) in [5.74, 6) is 0.581. The average Bonchev–Trinajstić information content (AvgIpc) is 3.02. The number of aromatic nitrogens is 2. The summed E-state index contributed by atoms with van der Waals surface area (Å²) in [6, 6.07) is 17.9. The number of aromatic amines is 1. The molecule has 120 valence electrons. The summed E-state index contributed by atoms with van der Waals surface area (Å²) in [7, 11) is 0. The molecule has 0 unspecified atom stereocenters. The highest BCUT2D eigenvalue weighted by atomic mass is 16.2. The van der Waals surface area contributed by atoms with Gasteiger partial charge in [0.05, 0.1) is 12.2 Å². The number of hydrogen-bond donors (Lipinski definition) is 2. The number of benzene rings is 2. The zero-order valence-corrected chi connectivity index (χ0v) is 13.2. The lowest BCUT2D eigenvalue weighted by Crippen LogP contribution is -2.36. The highest BCUT2D eigenvalue weighted by Gasteiger charge is 2.24. The summed E-state index contributed by atoms with van der Waals surface area (Å²) in [5.41, 5.74) is 10.7. The highest BCUT2D eigenvalue weighted by molar-refractivity contribution is 5.94. The van der Waals surface area contributed by atoms with Gasteiger partial charge >= 0.3 is 0 Å². The Kier molecular flexibility index (Phi) is 3.54. The number of anilines is 1. The maximum Gasteiger partial charge on any atom is 0.254 e. The summed E-state index contributed by atoms with van der Waals surface area (Å²) in [6.45, 7) is 1.19. The molecule has 0 saturated heterocycles. The quantitative estimate of drug-likeness (QED) is 0.763. The molecule has 2 aromatic carbocycles. The van der Waals surface area contributed by atoms with Gasteiger partial charge < -0.3 is 10.6 Å². The van der Waals surface area contributed by atoms with Crippen molar-refractivity contribution in [3.8, 4) is 11.1 Å². The van der Waals surface area contributed by atoms with Crippen LogP contribution < -0.4 is 5.73 Å². The number of nitrogens with zero attached hydrogens (tertiary/aromatic N) is 2. The summed E-state index contributed by atoms with van der Waals surface area (Å²) in [4.78, 5) is 14.6. The first-order valence-electron chi connectivity index (χ1n) is 7.99. The molecule has 1 aliphatic rings. The van der Waals surface area contributed by atoms with Crippen LogP contribution in [-0.2, 0) is 13.0 Å². The monoisotopic (exact) mass is 318 g/mol. The van der Waals surface area contributed by atoms with E-state index < -0.39 is 0 Å². The van der Waals surface area contributed by atoms with E-state index in [0.717, 1.165) is 28.8 Å². The predicted molar refractivity (Wildman–Crippen MR) is 93.3 cm³/mol. The third kappa shape index (κ3) is 2.54. The van der Waals surface area contributed by atoms with Crippen molar-refractivity contribution in [3.05, 3.63) is 71.4 Å². The lowest BCUT2D eigenvalue weighted by molar-refractivity contribution is 0.0732. The van der Waals surface area contributed by atoms with E-state index in [-0.39, 0.29) is 5.91 Å². The molecule has 0 bridgehead atoms. The number of amides is 1. The van der Waals surface area contributed by atoms with Crippen LogP contribution in [0.5, 0.6) is 0 Å². The van der Waals surface area contributed by atoms with Crippen molar-refractivity contribution < 1.29 is 4.79 Å². The van der Waals surface area contributed by atoms with Crippen LogP contribution in [0, 0.1) is 0 Å². The van der Waals surface area contributed by atoms with Gasteiger partial charge in [-0.3, -0.25) is 9.89 Å². The minimum atomic E-state index is 0.0356. The summed E-state index contributed by atoms with van der Waals surface area (Å²) in [6.07, 6.45) is 0.742. The van der Waals surface area contributed by atoms with E-state index in [1.165, 1.54) is 0 Å². The minimum Gasteiger partial charge on any atom is -0.382 e. The Labute approximate surface area is 140 Å². The highest BCUT2D eigenvalue weighted by Crippen LogP contribution is 2.24. The van der Waals surface area contributed by atoms with E-state index in [9.17, 15) is 4.79 Å². The van der Waals surface area contributed by atoms with Gasteiger partial charge in [0, 0.05) is 17.7 Å². The van der Waals surface area contributed by atoms with Gasteiger partial charge in [0.15, 0.2) is 0 Å². The Morgan fingerprint density at radius 1 is 1.04 bits per heavy atom. The fraction of sp³-hybridized carbons (Fsp3) is 0.158. The number of nitrogen functional groups attached to an aromatic ring is 1. The first-order valence-corrected chi connectivity index (χ1v) is 7.99. The van der Waals surface area contributed by atoms with Crippen LogP contribution in [0.2, 0.25) is 0 Å². The minimum absolute atomic E-state index is 0.0356. The largest absolute Gasteiger partial charge is 0.382 e. The summed E-state index contributed by atoms with van der Waals surface area (Å²) < 4.78 is 0. The van der Waals surface area contributed by atoms with Gasteiger partial charge in [0.2, 0.25) is 0 Å². The Balaban J connectivity index is 1.53. The van der Waals surface area contributed by atoms with Crippen LogP contribution in [0.4, 0.5) is 5.82 Å². The number of carbonyl (C=O) groups is 1. The van der Waals surface area contributed by atoms with Crippen LogP contribution in [0.25, 0.3) is 11.1 Å². The van der Waals surface area contributed by atoms with Crippen molar-refractivity contribution in [2.75, 3.05) is 12.3 Å². The molecule has 24 heavy (non-hydrogen) atoms. The number of rotatable bonds is 2. The third-order valence-electron chi connectivity index (χ3n) is 4.49. The lowest BCUT2D eigenvalue weighted by atomic mass is 10.0. The zero-order valence-electron chi connectivity index (χ0n) is 13.2. The van der Waals surface area contributed by atoms with Crippen LogP contribution in [0.3, 0.4) is 0 Å². The van der Waals surface area contributed by atoms with Gasteiger partial charge in [-0.15, -0.1) is 0 Å². The maximum absolute atomic E-state index is 12.7. The molecule has 0 fully saturated rings. The predicted octanol–water partition coefficient (Wildman–Crippen LogP) is 2.86. The smallest absolute Gasteiger partial charge is 0.254 e. The van der Waals surface area contributed by atoms with E-state index in [0.29, 0.717) is 24.5 Å². The fourth-order valence-corrected chi connectivity index (χ4v) is 3.14. The number of hydrogen-bond acceptors (Lipinski definition) is 3. The third-order valence-corrected chi connectivity index (χ3v) is 4.49.